The van der Waals surface area contributed by atoms with Crippen LogP contribution in [-0.2, 0) is 4.79 Å². The molecule has 0 radical (unpaired) electrons. The number of terminal acetylenes is 1. The summed E-state index contributed by atoms with van der Waals surface area (Å²) in [7, 11) is 0. The summed E-state index contributed by atoms with van der Waals surface area (Å²) in [5.74, 6) is 4.23. The van der Waals surface area contributed by atoms with Crippen molar-refractivity contribution in [1.29, 1.82) is 0 Å². The molecule has 0 saturated carbocycles. The maximum absolute atomic E-state index is 12.0. The van der Waals surface area contributed by atoms with Crippen molar-refractivity contribution in [3.8, 4) is 17.3 Å². The highest BCUT2D eigenvalue weighted by atomic mass is 32.1. The van der Waals surface area contributed by atoms with E-state index >= 15 is 0 Å². The fraction of sp³-hybridized carbons (Fsp3) is 0.273. The number of aromatic nitrogens is 3. The lowest BCUT2D eigenvalue weighted by Crippen LogP contribution is -2.09. The zero-order valence-electron chi connectivity index (χ0n) is 16.3. The number of hydrogen-bond acceptors (Lipinski definition) is 5. The highest BCUT2D eigenvalue weighted by Gasteiger charge is 2.31. The van der Waals surface area contributed by atoms with Crippen LogP contribution in [0.25, 0.3) is 5.00 Å². The summed E-state index contributed by atoms with van der Waals surface area (Å²) < 4.78 is 2.06. The first-order valence-corrected chi connectivity index (χ1v) is 9.89. The number of thiophene rings is 1. The maximum atomic E-state index is 12.0. The van der Waals surface area contributed by atoms with Crippen molar-refractivity contribution in [2.75, 3.05) is 0 Å². The molecule has 140 valence electrons. The number of nitrogens with zero attached hydrogens (tertiary/aromatic N) is 4. The molecule has 1 aliphatic heterocycles. The number of aliphatic imine (C=N–C) groups is 1. The van der Waals surface area contributed by atoms with Crippen LogP contribution in [0.5, 0.6) is 0 Å². The summed E-state index contributed by atoms with van der Waals surface area (Å²) in [6.45, 7) is 7.74. The molecule has 5 nitrogen and oxygen atoms in total. The van der Waals surface area contributed by atoms with Gasteiger partial charge in [0.15, 0.2) is 5.82 Å². The fourth-order valence-corrected chi connectivity index (χ4v) is 4.74. The normalized spacial score (nSPS) is 15.2. The third kappa shape index (κ3) is 2.88. The lowest BCUT2D eigenvalue weighted by molar-refractivity contribution is -0.117. The Kier molecular flexibility index (Phi) is 4.48. The van der Waals surface area contributed by atoms with Crippen molar-refractivity contribution in [3.05, 3.63) is 63.0 Å². The van der Waals surface area contributed by atoms with Gasteiger partial charge in [-0.2, -0.15) is 0 Å². The van der Waals surface area contributed by atoms with Crippen LogP contribution in [0.4, 0.5) is 0 Å². The monoisotopic (exact) mass is 388 g/mol. The SMILES string of the molecule is C#Cc1ccc(C2=N[C@@H](CC(C)=O)c3nnc(C)n3-c3sc(C)c(C)c32)cc1. The van der Waals surface area contributed by atoms with Crippen LogP contribution in [0.2, 0.25) is 0 Å². The lowest BCUT2D eigenvalue weighted by atomic mass is 9.98. The lowest BCUT2D eigenvalue weighted by Gasteiger charge is -2.11. The van der Waals surface area contributed by atoms with Crippen LogP contribution in [0.15, 0.2) is 29.3 Å². The van der Waals surface area contributed by atoms with Gasteiger partial charge in [0.1, 0.15) is 22.7 Å². The number of fused-ring (bicyclic) bond motifs is 3. The van der Waals surface area contributed by atoms with Gasteiger partial charge in [-0.25, -0.2) is 0 Å². The van der Waals surface area contributed by atoms with Gasteiger partial charge in [-0.3, -0.25) is 14.4 Å². The second kappa shape index (κ2) is 6.84. The average Bonchev–Trinajstić information content (AvgIpc) is 3.14. The summed E-state index contributed by atoms with van der Waals surface area (Å²) in [5, 5.41) is 9.70. The van der Waals surface area contributed by atoms with Crippen LogP contribution in [0, 0.1) is 33.1 Å². The van der Waals surface area contributed by atoms with Crippen molar-refractivity contribution < 1.29 is 4.79 Å². The van der Waals surface area contributed by atoms with E-state index < -0.39 is 0 Å². The Bertz CT molecular complexity index is 1160. The molecule has 4 rings (SSSR count). The number of rotatable bonds is 3. The first-order valence-electron chi connectivity index (χ1n) is 9.07. The fourth-order valence-electron chi connectivity index (χ4n) is 3.52. The van der Waals surface area contributed by atoms with Crippen molar-refractivity contribution in [2.24, 2.45) is 4.99 Å². The van der Waals surface area contributed by atoms with Gasteiger partial charge in [0, 0.05) is 28.0 Å². The molecule has 0 amide bonds. The zero-order chi connectivity index (χ0) is 20.0. The van der Waals surface area contributed by atoms with Gasteiger partial charge in [-0.15, -0.1) is 28.0 Å². The van der Waals surface area contributed by atoms with E-state index in [1.165, 1.54) is 10.4 Å². The van der Waals surface area contributed by atoms with Gasteiger partial charge in [0.05, 0.1) is 5.71 Å². The van der Waals surface area contributed by atoms with E-state index in [2.05, 4.69) is 34.5 Å². The first-order chi connectivity index (χ1) is 13.4. The number of ketones is 1. The zero-order valence-corrected chi connectivity index (χ0v) is 17.1. The molecule has 0 unspecified atom stereocenters. The Balaban J connectivity index is 2.02. The summed E-state index contributed by atoms with van der Waals surface area (Å²) >= 11 is 1.70. The number of carbonyl (C=O) groups is 1. The topological polar surface area (TPSA) is 60.1 Å². The van der Waals surface area contributed by atoms with Gasteiger partial charge < -0.3 is 0 Å². The first kappa shape index (κ1) is 18.3. The van der Waals surface area contributed by atoms with Gasteiger partial charge in [-0.05, 0) is 45.4 Å². The minimum absolute atomic E-state index is 0.0705. The van der Waals surface area contributed by atoms with Gasteiger partial charge >= 0.3 is 0 Å². The third-order valence-electron chi connectivity index (χ3n) is 5.05. The molecule has 0 saturated heterocycles. The van der Waals surface area contributed by atoms with Crippen molar-refractivity contribution in [1.82, 2.24) is 14.8 Å². The van der Waals surface area contributed by atoms with Crippen LogP contribution in [-0.4, -0.2) is 26.3 Å². The molecule has 3 aromatic rings. The Morgan fingerprint density at radius 1 is 1.21 bits per heavy atom. The number of Topliss-reactive ketones (excluding diaryl/α,β-unsaturated/α-hetero) is 1. The van der Waals surface area contributed by atoms with Gasteiger partial charge in [-0.1, -0.05) is 18.1 Å². The maximum Gasteiger partial charge on any atom is 0.163 e. The Morgan fingerprint density at radius 3 is 2.57 bits per heavy atom. The second-order valence-corrected chi connectivity index (χ2v) is 8.23. The van der Waals surface area contributed by atoms with Crippen molar-refractivity contribution in [3.63, 3.8) is 0 Å². The van der Waals surface area contributed by atoms with Crippen LogP contribution in [0.3, 0.4) is 0 Å². The number of carbonyl (C=O) groups excluding carboxylic acids is 1. The number of benzene rings is 1. The van der Waals surface area contributed by atoms with Crippen molar-refractivity contribution in [2.45, 2.75) is 40.2 Å². The molecular formula is C22H20N4OS. The Morgan fingerprint density at radius 2 is 1.93 bits per heavy atom. The van der Waals surface area contributed by atoms with E-state index in [4.69, 9.17) is 11.4 Å². The van der Waals surface area contributed by atoms with E-state index in [1.807, 2.05) is 31.2 Å². The largest absolute Gasteiger partial charge is 0.300 e. The summed E-state index contributed by atoms with van der Waals surface area (Å²) in [6.07, 6.45) is 5.80. The number of hydrogen-bond donors (Lipinski definition) is 0. The highest BCUT2D eigenvalue weighted by molar-refractivity contribution is 7.15. The molecule has 0 spiro atoms. The van der Waals surface area contributed by atoms with E-state index in [0.717, 1.165) is 33.2 Å². The summed E-state index contributed by atoms with van der Waals surface area (Å²) in [5.41, 5.74) is 4.93. The van der Waals surface area contributed by atoms with E-state index in [0.29, 0.717) is 5.82 Å². The molecular weight excluding hydrogens is 368 g/mol. The highest BCUT2D eigenvalue weighted by Crippen LogP contribution is 2.39. The third-order valence-corrected chi connectivity index (χ3v) is 6.24. The van der Waals surface area contributed by atoms with Gasteiger partial charge in [0.25, 0.3) is 0 Å². The molecule has 0 N–H and O–H groups in total. The molecule has 0 aliphatic carbocycles. The molecule has 1 atom stereocenters. The summed E-state index contributed by atoms with van der Waals surface area (Å²) in [6, 6.07) is 7.45. The minimum Gasteiger partial charge on any atom is -0.300 e. The summed E-state index contributed by atoms with van der Waals surface area (Å²) in [4.78, 5) is 18.2. The second-order valence-electron chi connectivity index (χ2n) is 7.03. The van der Waals surface area contributed by atoms with Crippen LogP contribution >= 0.6 is 11.3 Å². The molecule has 28 heavy (non-hydrogen) atoms. The van der Waals surface area contributed by atoms with Crippen molar-refractivity contribution >= 4 is 22.8 Å². The smallest absolute Gasteiger partial charge is 0.163 e. The Labute approximate surface area is 168 Å². The number of aryl methyl sites for hydroxylation is 2. The average molecular weight is 388 g/mol. The minimum atomic E-state index is -0.375. The van der Waals surface area contributed by atoms with E-state index in [9.17, 15) is 4.79 Å². The molecule has 6 heteroatoms. The standard InChI is InChI=1S/C22H20N4OS/c1-6-16-7-9-17(10-8-16)20-19-13(3)14(4)28-22(19)26-15(5)24-25-21(26)18(23-20)11-12(2)27/h1,7-10,18H,11H2,2-5H3/t18-/m0/s1. The van der Waals surface area contributed by atoms with E-state index in [1.54, 1.807) is 18.3 Å². The van der Waals surface area contributed by atoms with E-state index in [-0.39, 0.29) is 18.2 Å². The van der Waals surface area contributed by atoms with Crippen LogP contribution < -0.4 is 0 Å². The molecule has 2 aromatic heterocycles. The molecule has 1 aliphatic rings. The predicted octanol–water partition coefficient (Wildman–Crippen LogP) is 4.11. The quantitative estimate of drug-likeness (QED) is 0.635. The van der Waals surface area contributed by atoms with Crippen LogP contribution in [0.1, 0.15) is 58.2 Å². The molecule has 0 bridgehead atoms. The predicted molar refractivity (Wildman–Crippen MR) is 112 cm³/mol. The molecule has 3 heterocycles. The van der Waals surface area contributed by atoms with Gasteiger partial charge in [0.2, 0.25) is 0 Å². The molecule has 0 fully saturated rings. The molecule has 1 aromatic carbocycles. The Hall–Kier alpha value is -3.04.